The highest BCUT2D eigenvalue weighted by Gasteiger charge is 2.60. The van der Waals surface area contributed by atoms with Gasteiger partial charge in [0.2, 0.25) is 0 Å². The molecule has 1 amide bonds. The van der Waals surface area contributed by atoms with Gasteiger partial charge in [-0.05, 0) is 111 Å². The van der Waals surface area contributed by atoms with Crippen molar-refractivity contribution >= 4 is 11.6 Å². The maximum atomic E-state index is 12.4. The zero-order valence-corrected chi connectivity index (χ0v) is 19.9. The predicted octanol–water partition coefficient (Wildman–Crippen LogP) is 5.21. The smallest absolute Gasteiger partial charge is 0.271 e. The zero-order chi connectivity index (χ0) is 22.5. The maximum Gasteiger partial charge on any atom is 0.271 e. The van der Waals surface area contributed by atoms with E-state index in [9.17, 15) is 9.90 Å². The molecule has 0 aromatic carbocycles. The third-order valence-corrected chi connectivity index (χ3v) is 10.4. The Morgan fingerprint density at radius 2 is 1.75 bits per heavy atom. The lowest BCUT2D eigenvalue weighted by atomic mass is 9.44. The van der Waals surface area contributed by atoms with Crippen molar-refractivity contribution in [3.8, 4) is 0 Å². The molecule has 174 valence electrons. The van der Waals surface area contributed by atoms with Crippen LogP contribution in [0.15, 0.2) is 29.6 Å². The minimum Gasteiger partial charge on any atom is -0.393 e. The third-order valence-electron chi connectivity index (χ3n) is 10.4. The minimum atomic E-state index is -0.166. The van der Waals surface area contributed by atoms with Gasteiger partial charge in [0.25, 0.3) is 5.91 Å². The number of carbonyl (C=O) groups excluding carboxylic acids is 1. The number of hydrogen-bond donors (Lipinski definition) is 2. The highest BCUT2D eigenvalue weighted by atomic mass is 16.3. The van der Waals surface area contributed by atoms with Crippen LogP contribution in [0, 0.1) is 40.4 Å². The molecule has 1 heterocycles. The molecule has 1 aromatic rings. The van der Waals surface area contributed by atoms with Crippen LogP contribution in [0.4, 0.5) is 0 Å². The van der Waals surface area contributed by atoms with E-state index >= 15 is 0 Å². The van der Waals surface area contributed by atoms with Crippen molar-refractivity contribution in [3.05, 3.63) is 30.1 Å². The Kier molecular flexibility index (Phi) is 5.68. The number of hydrazone groups is 1. The Labute approximate surface area is 192 Å². The highest BCUT2D eigenvalue weighted by Crippen LogP contribution is 2.67. The van der Waals surface area contributed by atoms with Crippen molar-refractivity contribution in [3.63, 3.8) is 0 Å². The number of aliphatic hydroxyl groups excluding tert-OH is 1. The quantitative estimate of drug-likeness (QED) is 0.504. The van der Waals surface area contributed by atoms with Crippen LogP contribution in [0.1, 0.15) is 88.9 Å². The van der Waals surface area contributed by atoms with E-state index < -0.39 is 0 Å². The summed E-state index contributed by atoms with van der Waals surface area (Å²) < 4.78 is 0. The molecular formula is C27H39N3O2. The number of fused-ring (bicyclic) bond motifs is 5. The standard InChI is InChI=1S/C27H39N3O2/c1-17(29-30-25(32)18-10-14-28-15-11-18)22-6-7-23-21-5-4-19-16-20(31)8-12-26(19,2)24(21)9-13-27(22,23)3/h10-11,14-15,19-24,31H,4-9,12-13,16H2,1-3H3,(H,30,32)/b29-17+/t19-,20-,21+,22+,23-,24+,26-,27+/m0/s1. The number of nitrogens with zero attached hydrogens (tertiary/aromatic N) is 2. The normalized spacial score (nSPS) is 43.7. The lowest BCUT2D eigenvalue weighted by Crippen LogP contribution is -2.54. The molecule has 5 nitrogen and oxygen atoms in total. The zero-order valence-electron chi connectivity index (χ0n) is 19.9. The highest BCUT2D eigenvalue weighted by molar-refractivity contribution is 5.95. The third kappa shape index (κ3) is 3.52. The van der Waals surface area contributed by atoms with Gasteiger partial charge < -0.3 is 5.11 Å². The van der Waals surface area contributed by atoms with Crippen LogP contribution in [0.3, 0.4) is 0 Å². The van der Waals surface area contributed by atoms with E-state index in [1.165, 1.54) is 44.9 Å². The van der Waals surface area contributed by atoms with E-state index in [1.54, 1.807) is 24.5 Å². The maximum absolute atomic E-state index is 12.4. The number of aromatic nitrogens is 1. The van der Waals surface area contributed by atoms with Crippen molar-refractivity contribution in [1.82, 2.24) is 10.4 Å². The van der Waals surface area contributed by atoms with Crippen LogP contribution < -0.4 is 5.43 Å². The number of rotatable bonds is 3. The average Bonchev–Trinajstić information content (AvgIpc) is 3.15. The van der Waals surface area contributed by atoms with Crippen LogP contribution in [-0.4, -0.2) is 27.8 Å². The number of aliphatic hydroxyl groups is 1. The summed E-state index contributed by atoms with van der Waals surface area (Å²) in [5, 5.41) is 14.8. The molecule has 8 atom stereocenters. The SMILES string of the molecule is C/C(=N\NC(=O)c1ccncc1)[C@H]1CC[C@H]2[C@H]3CC[C@H]4C[C@@H](O)CC[C@]4(C)[C@@H]3CC[C@]12C. The molecule has 0 spiro atoms. The van der Waals surface area contributed by atoms with Crippen LogP contribution in [0.5, 0.6) is 0 Å². The molecule has 2 N–H and O–H groups in total. The van der Waals surface area contributed by atoms with E-state index in [4.69, 9.17) is 0 Å². The Morgan fingerprint density at radius 3 is 2.53 bits per heavy atom. The van der Waals surface area contributed by atoms with Crippen molar-refractivity contribution in [2.75, 3.05) is 0 Å². The monoisotopic (exact) mass is 437 g/mol. The van der Waals surface area contributed by atoms with E-state index in [1.807, 2.05) is 0 Å². The lowest BCUT2D eigenvalue weighted by Gasteiger charge is -2.61. The fourth-order valence-corrected chi connectivity index (χ4v) is 8.71. The molecule has 0 radical (unpaired) electrons. The van der Waals surface area contributed by atoms with Crippen LogP contribution in [-0.2, 0) is 0 Å². The second-order valence-electron chi connectivity index (χ2n) is 11.7. The summed E-state index contributed by atoms with van der Waals surface area (Å²) in [5.41, 5.74) is 5.17. The number of carbonyl (C=O) groups is 1. The van der Waals surface area contributed by atoms with E-state index in [2.05, 4.69) is 36.3 Å². The second kappa shape index (κ2) is 8.23. The number of amides is 1. The topological polar surface area (TPSA) is 74.6 Å². The molecule has 0 unspecified atom stereocenters. The Bertz CT molecular complexity index is 886. The van der Waals surface area contributed by atoms with Gasteiger partial charge in [-0.25, -0.2) is 5.43 Å². The molecule has 4 aliphatic carbocycles. The first-order chi connectivity index (χ1) is 15.3. The summed E-state index contributed by atoms with van der Waals surface area (Å²) in [6.07, 6.45) is 14.1. The van der Waals surface area contributed by atoms with Gasteiger partial charge in [0.1, 0.15) is 0 Å². The molecule has 0 bridgehead atoms. The van der Waals surface area contributed by atoms with Crippen LogP contribution in [0.25, 0.3) is 0 Å². The molecule has 4 aliphatic rings. The van der Waals surface area contributed by atoms with Gasteiger partial charge in [-0.1, -0.05) is 13.8 Å². The summed E-state index contributed by atoms with van der Waals surface area (Å²) in [5.74, 6) is 3.38. The Morgan fingerprint density at radius 1 is 1.03 bits per heavy atom. The molecule has 0 aliphatic heterocycles. The van der Waals surface area contributed by atoms with Crippen molar-refractivity contribution in [2.24, 2.45) is 45.5 Å². The molecule has 4 saturated carbocycles. The van der Waals surface area contributed by atoms with Gasteiger partial charge in [-0.3, -0.25) is 9.78 Å². The number of nitrogens with one attached hydrogen (secondary N) is 1. The summed E-state index contributed by atoms with van der Waals surface area (Å²) >= 11 is 0. The predicted molar refractivity (Wildman–Crippen MR) is 126 cm³/mol. The largest absolute Gasteiger partial charge is 0.393 e. The molecule has 1 aromatic heterocycles. The van der Waals surface area contributed by atoms with Gasteiger partial charge in [-0.15, -0.1) is 0 Å². The van der Waals surface area contributed by atoms with Gasteiger partial charge in [-0.2, -0.15) is 5.10 Å². The molecule has 32 heavy (non-hydrogen) atoms. The van der Waals surface area contributed by atoms with E-state index in [0.717, 1.165) is 36.3 Å². The van der Waals surface area contributed by atoms with Crippen molar-refractivity contribution in [1.29, 1.82) is 0 Å². The average molecular weight is 438 g/mol. The number of hydrogen-bond acceptors (Lipinski definition) is 4. The van der Waals surface area contributed by atoms with Crippen LogP contribution >= 0.6 is 0 Å². The van der Waals surface area contributed by atoms with Gasteiger partial charge >= 0.3 is 0 Å². The van der Waals surface area contributed by atoms with Gasteiger partial charge in [0.15, 0.2) is 0 Å². The number of pyridine rings is 1. The molecule has 4 fully saturated rings. The second-order valence-corrected chi connectivity index (χ2v) is 11.7. The summed E-state index contributed by atoms with van der Waals surface area (Å²) in [6, 6.07) is 3.44. The Balaban J connectivity index is 1.31. The van der Waals surface area contributed by atoms with E-state index in [-0.39, 0.29) is 17.4 Å². The van der Waals surface area contributed by atoms with Crippen molar-refractivity contribution in [2.45, 2.75) is 84.7 Å². The van der Waals surface area contributed by atoms with Gasteiger partial charge in [0.05, 0.1) is 6.10 Å². The van der Waals surface area contributed by atoms with Crippen LogP contribution in [0.2, 0.25) is 0 Å². The molecule has 5 heteroatoms. The Hall–Kier alpha value is -1.75. The van der Waals surface area contributed by atoms with E-state index in [0.29, 0.717) is 22.8 Å². The fourth-order valence-electron chi connectivity index (χ4n) is 8.71. The molecule has 5 rings (SSSR count). The minimum absolute atomic E-state index is 0.0736. The van der Waals surface area contributed by atoms with Gasteiger partial charge in [0, 0.05) is 29.6 Å². The van der Waals surface area contributed by atoms with Crippen molar-refractivity contribution < 1.29 is 9.90 Å². The lowest BCUT2D eigenvalue weighted by molar-refractivity contribution is -0.123. The summed E-state index contributed by atoms with van der Waals surface area (Å²) in [4.78, 5) is 16.4. The summed E-state index contributed by atoms with van der Waals surface area (Å²) in [6.45, 7) is 7.17. The fraction of sp³-hybridized carbons (Fsp3) is 0.741. The summed E-state index contributed by atoms with van der Waals surface area (Å²) in [7, 11) is 0. The first-order valence-electron chi connectivity index (χ1n) is 12.8. The first kappa shape index (κ1) is 22.1. The first-order valence-corrected chi connectivity index (χ1v) is 12.8. The molecule has 0 saturated heterocycles. The molecular weight excluding hydrogens is 398 g/mol.